The minimum atomic E-state index is -0.0990. The second kappa shape index (κ2) is 10.9. The number of hydrogen-bond donors (Lipinski definition) is 0. The van der Waals surface area contributed by atoms with Crippen LogP contribution in [0, 0.1) is 0 Å². The third-order valence-corrected chi connectivity index (χ3v) is 6.90. The first-order valence-electron chi connectivity index (χ1n) is 12.4. The van der Waals surface area contributed by atoms with Crippen molar-refractivity contribution in [1.29, 1.82) is 0 Å². The molecule has 4 heterocycles. The van der Waals surface area contributed by atoms with Crippen LogP contribution in [0.2, 0.25) is 0 Å². The molecule has 2 aliphatic heterocycles. The molecule has 2 saturated heterocycles. The first kappa shape index (κ1) is 23.9. The van der Waals surface area contributed by atoms with Crippen molar-refractivity contribution in [3.63, 3.8) is 0 Å². The highest BCUT2D eigenvalue weighted by molar-refractivity contribution is 5.91. The molecule has 2 fully saturated rings. The van der Waals surface area contributed by atoms with Gasteiger partial charge in [0.2, 0.25) is 0 Å². The number of hydrogen-bond acceptors (Lipinski definition) is 8. The minimum Gasteiger partial charge on any atom is -0.495 e. The molecule has 0 unspecified atom stereocenters. The van der Waals surface area contributed by atoms with Gasteiger partial charge < -0.3 is 23.9 Å². The quantitative estimate of drug-likeness (QED) is 0.492. The van der Waals surface area contributed by atoms with Crippen molar-refractivity contribution >= 4 is 17.4 Å². The van der Waals surface area contributed by atoms with E-state index < -0.39 is 0 Å². The zero-order valence-electron chi connectivity index (χ0n) is 20.6. The van der Waals surface area contributed by atoms with Crippen molar-refractivity contribution in [1.82, 2.24) is 19.6 Å². The zero-order chi connectivity index (χ0) is 24.9. The molecule has 0 spiro atoms. The van der Waals surface area contributed by atoms with Crippen molar-refractivity contribution < 1.29 is 13.9 Å². The van der Waals surface area contributed by atoms with Crippen LogP contribution in [0.5, 0.6) is 5.75 Å². The smallest absolute Gasteiger partial charge is 0.289 e. The van der Waals surface area contributed by atoms with Gasteiger partial charge in [-0.1, -0.05) is 12.1 Å². The van der Waals surface area contributed by atoms with E-state index in [4.69, 9.17) is 9.15 Å². The van der Waals surface area contributed by atoms with Crippen LogP contribution in [0.25, 0.3) is 0 Å². The molecule has 0 aliphatic carbocycles. The number of methoxy groups -OCH3 is 1. The standard InChI is InChI=1S/C26H32N6O4/c1-35-22-6-3-2-5-21(22)29-13-10-28(11-14-29)12-19-32-25(33)9-8-24(27-32)30-15-17-31(18-16-30)26(34)23-7-4-20-36-23/h2-9,20H,10-19H2,1H3. The Morgan fingerprint density at radius 2 is 1.64 bits per heavy atom. The summed E-state index contributed by atoms with van der Waals surface area (Å²) in [5, 5.41) is 4.64. The Morgan fingerprint density at radius 3 is 2.36 bits per heavy atom. The lowest BCUT2D eigenvalue weighted by atomic mass is 10.2. The Labute approximate surface area is 210 Å². The molecule has 2 aliphatic rings. The van der Waals surface area contributed by atoms with Gasteiger partial charge in [-0.25, -0.2) is 4.68 Å². The van der Waals surface area contributed by atoms with E-state index in [0.717, 1.165) is 50.0 Å². The summed E-state index contributed by atoms with van der Waals surface area (Å²) in [6, 6.07) is 14.9. The predicted molar refractivity (Wildman–Crippen MR) is 137 cm³/mol. The van der Waals surface area contributed by atoms with Crippen LogP contribution in [0.3, 0.4) is 0 Å². The van der Waals surface area contributed by atoms with Gasteiger partial charge in [0.15, 0.2) is 5.76 Å². The molecule has 0 N–H and O–H groups in total. The third kappa shape index (κ3) is 5.23. The molecule has 10 heteroatoms. The maximum atomic E-state index is 12.5. The van der Waals surface area contributed by atoms with E-state index in [1.807, 2.05) is 18.2 Å². The number of rotatable bonds is 7. The van der Waals surface area contributed by atoms with E-state index in [1.54, 1.807) is 41.0 Å². The summed E-state index contributed by atoms with van der Waals surface area (Å²) in [6.07, 6.45) is 1.51. The maximum absolute atomic E-state index is 12.5. The average Bonchev–Trinajstić information content (AvgIpc) is 3.48. The van der Waals surface area contributed by atoms with Crippen LogP contribution in [0.15, 0.2) is 64.0 Å². The molecule has 0 saturated carbocycles. The van der Waals surface area contributed by atoms with E-state index in [-0.39, 0.29) is 11.5 Å². The summed E-state index contributed by atoms with van der Waals surface area (Å²) in [5.74, 6) is 1.92. The van der Waals surface area contributed by atoms with Crippen LogP contribution in [-0.4, -0.2) is 91.5 Å². The lowest BCUT2D eigenvalue weighted by molar-refractivity contribution is 0.0714. The topological polar surface area (TPSA) is 87.3 Å². The minimum absolute atomic E-state index is 0.0941. The fourth-order valence-electron chi connectivity index (χ4n) is 4.80. The first-order valence-corrected chi connectivity index (χ1v) is 12.4. The molecule has 1 aromatic carbocycles. The summed E-state index contributed by atoms with van der Waals surface area (Å²) in [6.45, 7) is 7.42. The molecule has 0 radical (unpaired) electrons. The lowest BCUT2D eigenvalue weighted by Crippen LogP contribution is -2.49. The SMILES string of the molecule is COc1ccccc1N1CCN(CCn2nc(N3CCN(C(=O)c4ccco4)CC3)ccc2=O)CC1. The molecule has 1 amide bonds. The van der Waals surface area contributed by atoms with Crippen molar-refractivity contribution in [2.24, 2.45) is 0 Å². The van der Waals surface area contributed by atoms with Crippen LogP contribution < -0.4 is 20.1 Å². The number of nitrogens with zero attached hydrogens (tertiary/aromatic N) is 6. The Balaban J connectivity index is 1.14. The van der Waals surface area contributed by atoms with E-state index >= 15 is 0 Å². The molecule has 190 valence electrons. The molecule has 10 nitrogen and oxygen atoms in total. The van der Waals surface area contributed by atoms with Gasteiger partial charge in [0.1, 0.15) is 11.6 Å². The predicted octanol–water partition coefficient (Wildman–Crippen LogP) is 1.63. The monoisotopic (exact) mass is 492 g/mol. The summed E-state index contributed by atoms with van der Waals surface area (Å²) in [4.78, 5) is 33.6. The van der Waals surface area contributed by atoms with Gasteiger partial charge in [0.05, 0.1) is 25.6 Å². The molecule has 3 aromatic rings. The van der Waals surface area contributed by atoms with Crippen molar-refractivity contribution in [2.75, 3.05) is 75.8 Å². The number of ether oxygens (including phenoxy) is 1. The fourth-order valence-corrected chi connectivity index (χ4v) is 4.80. The van der Waals surface area contributed by atoms with Gasteiger partial charge in [-0.15, -0.1) is 0 Å². The summed E-state index contributed by atoms with van der Waals surface area (Å²) < 4.78 is 12.3. The summed E-state index contributed by atoms with van der Waals surface area (Å²) in [7, 11) is 1.70. The first-order chi connectivity index (χ1) is 17.6. The molecule has 0 bridgehead atoms. The second-order valence-corrected chi connectivity index (χ2v) is 9.01. The number of benzene rings is 1. The van der Waals surface area contributed by atoms with Crippen molar-refractivity contribution in [3.05, 3.63) is 70.9 Å². The zero-order valence-corrected chi connectivity index (χ0v) is 20.6. The van der Waals surface area contributed by atoms with Crippen molar-refractivity contribution in [2.45, 2.75) is 6.54 Å². The van der Waals surface area contributed by atoms with Crippen molar-refractivity contribution in [3.8, 4) is 5.75 Å². The van der Waals surface area contributed by atoms with Crippen LogP contribution in [0.1, 0.15) is 10.6 Å². The average molecular weight is 493 g/mol. The molecule has 0 atom stereocenters. The number of furan rings is 1. The maximum Gasteiger partial charge on any atom is 0.289 e. The Bertz CT molecular complexity index is 1210. The normalized spacial score (nSPS) is 16.9. The van der Waals surface area contributed by atoms with Gasteiger partial charge in [-0.3, -0.25) is 14.5 Å². The largest absolute Gasteiger partial charge is 0.495 e. The summed E-state index contributed by atoms with van der Waals surface area (Å²) >= 11 is 0. The molecule has 36 heavy (non-hydrogen) atoms. The number of anilines is 2. The van der Waals surface area contributed by atoms with Crippen LogP contribution in [0.4, 0.5) is 11.5 Å². The van der Waals surface area contributed by atoms with Gasteiger partial charge in [-0.05, 0) is 30.3 Å². The van der Waals surface area contributed by atoms with E-state index in [1.165, 1.54) is 6.26 Å². The Kier molecular flexibility index (Phi) is 7.22. The van der Waals surface area contributed by atoms with Gasteiger partial charge in [-0.2, -0.15) is 5.10 Å². The number of carbonyl (C=O) groups is 1. The second-order valence-electron chi connectivity index (χ2n) is 9.01. The number of amides is 1. The van der Waals surface area contributed by atoms with Gasteiger partial charge >= 0.3 is 0 Å². The molecule has 5 rings (SSSR count). The fraction of sp³-hybridized carbons (Fsp3) is 0.423. The van der Waals surface area contributed by atoms with Gasteiger partial charge in [0.25, 0.3) is 11.5 Å². The summed E-state index contributed by atoms with van der Waals surface area (Å²) in [5.41, 5.74) is 1.02. The number of carbonyl (C=O) groups excluding carboxylic acids is 1. The van der Waals surface area contributed by atoms with Crippen LogP contribution in [-0.2, 0) is 6.54 Å². The lowest BCUT2D eigenvalue weighted by Gasteiger charge is -2.36. The van der Waals surface area contributed by atoms with E-state index in [2.05, 4.69) is 25.9 Å². The highest BCUT2D eigenvalue weighted by atomic mass is 16.5. The third-order valence-electron chi connectivity index (χ3n) is 6.90. The van der Waals surface area contributed by atoms with E-state index in [0.29, 0.717) is 38.5 Å². The molecule has 2 aromatic heterocycles. The highest BCUT2D eigenvalue weighted by Gasteiger charge is 2.25. The van der Waals surface area contributed by atoms with Gasteiger partial charge in [0, 0.05) is 65.0 Å². The number of piperazine rings is 2. The highest BCUT2D eigenvalue weighted by Crippen LogP contribution is 2.28. The Morgan fingerprint density at radius 1 is 0.889 bits per heavy atom. The molecular weight excluding hydrogens is 460 g/mol. The molecular formula is C26H32N6O4. The number of aromatic nitrogens is 2. The van der Waals surface area contributed by atoms with E-state index in [9.17, 15) is 9.59 Å². The van der Waals surface area contributed by atoms with Crippen LogP contribution >= 0.6 is 0 Å². The Hall–Kier alpha value is -3.79. The number of para-hydroxylation sites is 2.